The normalized spacial score (nSPS) is 12.0. The molecule has 6 heteroatoms. The van der Waals surface area contributed by atoms with Crippen LogP contribution in [0.2, 0.25) is 0 Å². The van der Waals surface area contributed by atoms with E-state index in [1.807, 2.05) is 13.8 Å². The first kappa shape index (κ1) is 15.8. The third kappa shape index (κ3) is 4.46. The highest BCUT2D eigenvalue weighted by Crippen LogP contribution is 2.20. The molecule has 20 heavy (non-hydrogen) atoms. The number of nitrogen functional groups attached to an aromatic ring is 1. The van der Waals surface area contributed by atoms with Gasteiger partial charge in [0.05, 0.1) is 5.56 Å². The molecule has 0 saturated carbocycles. The van der Waals surface area contributed by atoms with Gasteiger partial charge in [0, 0.05) is 12.2 Å². The Morgan fingerprint density at radius 1 is 1.35 bits per heavy atom. The molecule has 1 atom stereocenters. The van der Waals surface area contributed by atoms with E-state index in [1.54, 1.807) is 6.92 Å². The van der Waals surface area contributed by atoms with E-state index < -0.39 is 12.1 Å². The summed E-state index contributed by atoms with van der Waals surface area (Å²) in [6, 6.07) is 4.29. The summed E-state index contributed by atoms with van der Waals surface area (Å²) >= 11 is 0. The predicted molar refractivity (Wildman–Crippen MR) is 75.8 cm³/mol. The van der Waals surface area contributed by atoms with E-state index >= 15 is 0 Å². The minimum absolute atomic E-state index is 0.0442. The second-order valence-electron chi connectivity index (χ2n) is 4.95. The molecule has 6 nitrogen and oxygen atoms in total. The van der Waals surface area contributed by atoms with Crippen molar-refractivity contribution < 1.29 is 19.4 Å². The number of carboxylic acid groups (broad SMARTS) is 1. The molecule has 110 valence electrons. The van der Waals surface area contributed by atoms with Gasteiger partial charge in [-0.25, -0.2) is 4.79 Å². The van der Waals surface area contributed by atoms with E-state index in [4.69, 9.17) is 15.6 Å². The lowest BCUT2D eigenvalue weighted by Gasteiger charge is -2.16. The highest BCUT2D eigenvalue weighted by molar-refractivity contribution is 5.94. The molecule has 1 rings (SSSR count). The molecule has 0 aromatic heterocycles. The fourth-order valence-corrected chi connectivity index (χ4v) is 1.50. The van der Waals surface area contributed by atoms with Crippen LogP contribution in [-0.4, -0.2) is 29.6 Å². The third-order valence-corrected chi connectivity index (χ3v) is 2.62. The summed E-state index contributed by atoms with van der Waals surface area (Å²) in [5, 5.41) is 11.7. The molecule has 0 aliphatic rings. The number of ether oxygens (including phenoxy) is 1. The van der Waals surface area contributed by atoms with Crippen LogP contribution in [0.1, 0.15) is 31.1 Å². The van der Waals surface area contributed by atoms with Crippen molar-refractivity contribution in [1.82, 2.24) is 5.32 Å². The molecule has 0 saturated heterocycles. The number of hydrogen-bond donors (Lipinski definition) is 3. The van der Waals surface area contributed by atoms with E-state index in [2.05, 4.69) is 5.32 Å². The zero-order valence-electron chi connectivity index (χ0n) is 11.8. The molecule has 0 aliphatic heterocycles. The number of hydrogen-bond acceptors (Lipinski definition) is 4. The molecular formula is C14H20N2O4. The quantitative estimate of drug-likeness (QED) is 0.685. The topological polar surface area (TPSA) is 102 Å². The zero-order valence-corrected chi connectivity index (χ0v) is 11.8. The van der Waals surface area contributed by atoms with E-state index in [-0.39, 0.29) is 17.2 Å². The van der Waals surface area contributed by atoms with Gasteiger partial charge in [-0.15, -0.1) is 0 Å². The number of nitrogens with one attached hydrogen (secondary N) is 1. The fourth-order valence-electron chi connectivity index (χ4n) is 1.50. The minimum atomic E-state index is -1.13. The van der Waals surface area contributed by atoms with Crippen molar-refractivity contribution in [2.75, 3.05) is 12.3 Å². The van der Waals surface area contributed by atoms with Crippen LogP contribution >= 0.6 is 0 Å². The second kappa shape index (κ2) is 6.79. The van der Waals surface area contributed by atoms with Gasteiger partial charge >= 0.3 is 5.97 Å². The number of nitrogens with two attached hydrogens (primary N) is 1. The summed E-state index contributed by atoms with van der Waals surface area (Å²) in [6.07, 6.45) is -0.709. The van der Waals surface area contributed by atoms with Crippen molar-refractivity contribution >= 4 is 17.6 Å². The molecule has 0 heterocycles. The summed E-state index contributed by atoms with van der Waals surface area (Å²) in [7, 11) is 0. The van der Waals surface area contributed by atoms with Gasteiger partial charge in [-0.05, 0) is 31.0 Å². The van der Waals surface area contributed by atoms with Gasteiger partial charge in [0.25, 0.3) is 5.91 Å². The average Bonchev–Trinajstić information content (AvgIpc) is 2.37. The number of aromatic carboxylic acids is 1. The summed E-state index contributed by atoms with van der Waals surface area (Å²) < 4.78 is 5.42. The van der Waals surface area contributed by atoms with E-state index in [0.29, 0.717) is 18.2 Å². The second-order valence-corrected chi connectivity index (χ2v) is 4.95. The van der Waals surface area contributed by atoms with Crippen molar-refractivity contribution in [2.45, 2.75) is 26.9 Å². The Hall–Kier alpha value is -2.24. The lowest BCUT2D eigenvalue weighted by Crippen LogP contribution is -2.38. The number of carboxylic acids is 1. The van der Waals surface area contributed by atoms with E-state index in [0.717, 1.165) is 0 Å². The van der Waals surface area contributed by atoms with Crippen LogP contribution in [0.5, 0.6) is 5.75 Å². The largest absolute Gasteiger partial charge is 0.481 e. The SMILES string of the molecule is CC(C)CNC(=O)C(C)Oc1ccc(N)c(C(=O)O)c1. The van der Waals surface area contributed by atoms with Crippen molar-refractivity contribution in [3.63, 3.8) is 0 Å². The molecule has 0 fully saturated rings. The summed E-state index contributed by atoms with van der Waals surface area (Å²) in [6.45, 7) is 6.15. The van der Waals surface area contributed by atoms with Crippen molar-refractivity contribution in [2.24, 2.45) is 5.92 Å². The maximum Gasteiger partial charge on any atom is 0.337 e. The van der Waals surface area contributed by atoms with E-state index in [1.165, 1.54) is 18.2 Å². The first-order valence-corrected chi connectivity index (χ1v) is 6.38. The molecule has 0 bridgehead atoms. The fraction of sp³-hybridized carbons (Fsp3) is 0.429. The minimum Gasteiger partial charge on any atom is -0.481 e. The molecule has 1 amide bonds. The van der Waals surface area contributed by atoms with Crippen LogP contribution < -0.4 is 15.8 Å². The summed E-state index contributed by atoms with van der Waals surface area (Å²) in [4.78, 5) is 22.7. The third-order valence-electron chi connectivity index (χ3n) is 2.62. The number of anilines is 1. The molecular weight excluding hydrogens is 260 g/mol. The zero-order chi connectivity index (χ0) is 15.3. The van der Waals surface area contributed by atoms with Gasteiger partial charge in [-0.3, -0.25) is 4.79 Å². The molecule has 4 N–H and O–H groups in total. The summed E-state index contributed by atoms with van der Waals surface area (Å²) in [5.41, 5.74) is 5.66. The first-order chi connectivity index (χ1) is 9.31. The Bertz CT molecular complexity index is 500. The van der Waals surface area contributed by atoms with Crippen LogP contribution in [-0.2, 0) is 4.79 Å². The van der Waals surface area contributed by atoms with Gasteiger partial charge in [-0.2, -0.15) is 0 Å². The number of carbonyl (C=O) groups is 2. The van der Waals surface area contributed by atoms with Crippen LogP contribution in [0.25, 0.3) is 0 Å². The molecule has 1 aromatic carbocycles. The first-order valence-electron chi connectivity index (χ1n) is 6.38. The molecule has 1 unspecified atom stereocenters. The molecule has 0 spiro atoms. The Labute approximate surface area is 117 Å². The van der Waals surface area contributed by atoms with Crippen molar-refractivity contribution in [1.29, 1.82) is 0 Å². The highest BCUT2D eigenvalue weighted by Gasteiger charge is 2.16. The lowest BCUT2D eigenvalue weighted by molar-refractivity contribution is -0.127. The number of benzene rings is 1. The van der Waals surface area contributed by atoms with Gasteiger partial charge in [-0.1, -0.05) is 13.8 Å². The Balaban J connectivity index is 2.70. The van der Waals surface area contributed by atoms with Gasteiger partial charge < -0.3 is 20.9 Å². The van der Waals surface area contributed by atoms with Gasteiger partial charge in [0.1, 0.15) is 5.75 Å². The molecule has 0 aliphatic carbocycles. The van der Waals surface area contributed by atoms with Crippen molar-refractivity contribution in [3.8, 4) is 5.75 Å². The highest BCUT2D eigenvalue weighted by atomic mass is 16.5. The average molecular weight is 280 g/mol. The number of carbonyl (C=O) groups excluding carboxylic acids is 1. The monoisotopic (exact) mass is 280 g/mol. The molecule has 1 aromatic rings. The van der Waals surface area contributed by atoms with Crippen LogP contribution in [0.3, 0.4) is 0 Å². The standard InChI is InChI=1S/C14H20N2O4/c1-8(2)7-16-13(17)9(3)20-10-4-5-12(15)11(6-10)14(18)19/h4-6,8-9H,7,15H2,1-3H3,(H,16,17)(H,18,19). The van der Waals surface area contributed by atoms with Crippen LogP contribution in [0.4, 0.5) is 5.69 Å². The molecule has 0 radical (unpaired) electrons. The maximum atomic E-state index is 11.8. The van der Waals surface area contributed by atoms with E-state index in [9.17, 15) is 9.59 Å². The smallest absolute Gasteiger partial charge is 0.337 e. The Kier molecular flexibility index (Phi) is 5.37. The number of rotatable bonds is 6. The number of amides is 1. The predicted octanol–water partition coefficient (Wildman–Crippen LogP) is 1.51. The Morgan fingerprint density at radius 3 is 2.55 bits per heavy atom. The summed E-state index contributed by atoms with van der Waals surface area (Å²) in [5.74, 6) is -0.734. The Morgan fingerprint density at radius 2 is 2.00 bits per heavy atom. The van der Waals surface area contributed by atoms with Gasteiger partial charge in [0.2, 0.25) is 0 Å². The van der Waals surface area contributed by atoms with Crippen LogP contribution in [0.15, 0.2) is 18.2 Å². The maximum absolute atomic E-state index is 11.8. The van der Waals surface area contributed by atoms with Crippen molar-refractivity contribution in [3.05, 3.63) is 23.8 Å². The van der Waals surface area contributed by atoms with Crippen LogP contribution in [0, 0.1) is 5.92 Å². The van der Waals surface area contributed by atoms with Gasteiger partial charge in [0.15, 0.2) is 6.10 Å². The lowest BCUT2D eigenvalue weighted by atomic mass is 10.1.